The van der Waals surface area contributed by atoms with E-state index in [1.54, 1.807) is 0 Å². The first-order valence-electron chi connectivity index (χ1n) is 6.33. The van der Waals surface area contributed by atoms with Crippen molar-refractivity contribution in [2.75, 3.05) is 0 Å². The van der Waals surface area contributed by atoms with Crippen LogP contribution in [-0.2, 0) is 17.1 Å². The van der Waals surface area contributed by atoms with Crippen molar-refractivity contribution in [2.24, 2.45) is 0 Å². The molecule has 2 rings (SSSR count). The number of benzene rings is 1. The van der Waals surface area contributed by atoms with Crippen molar-refractivity contribution in [3.8, 4) is 0 Å². The third-order valence-corrected chi connectivity index (χ3v) is 2.68. The van der Waals surface area contributed by atoms with Gasteiger partial charge in [0.2, 0.25) is 0 Å². The Morgan fingerprint density at radius 2 is 0.889 bits per heavy atom. The molecule has 1 aromatic carbocycles. The summed E-state index contributed by atoms with van der Waals surface area (Å²) in [5.41, 5.74) is 2.74. The molecule has 0 atom stereocenters. The van der Waals surface area contributed by atoms with Crippen molar-refractivity contribution in [3.05, 3.63) is 50.2 Å². The first kappa shape index (κ1) is 26.3. The van der Waals surface area contributed by atoms with Gasteiger partial charge in [0, 0.05) is 0 Å². The fourth-order valence-corrected chi connectivity index (χ4v) is 1.55. The molecule has 0 bridgehead atoms. The minimum absolute atomic E-state index is 0. The van der Waals surface area contributed by atoms with Crippen LogP contribution >= 0.6 is 0 Å². The molecule has 108 valence electrons. The summed E-state index contributed by atoms with van der Waals surface area (Å²) >= 11 is 0. The molecule has 1 aliphatic rings. The minimum atomic E-state index is 0. The maximum absolute atomic E-state index is 2.12. The predicted molar refractivity (Wildman–Crippen MR) is 83.2 cm³/mol. The van der Waals surface area contributed by atoms with E-state index >= 15 is 0 Å². The van der Waals surface area contributed by atoms with E-state index in [2.05, 4.69) is 38.1 Å². The van der Waals surface area contributed by atoms with Crippen molar-refractivity contribution < 1.29 is 17.1 Å². The molecule has 0 unspecified atom stereocenters. The van der Waals surface area contributed by atoms with Gasteiger partial charge in [-0.2, -0.15) is 0 Å². The van der Waals surface area contributed by atoms with Crippen molar-refractivity contribution in [1.29, 1.82) is 0 Å². The molecule has 0 aromatic heterocycles. The van der Waals surface area contributed by atoms with E-state index in [0.717, 1.165) is 0 Å². The summed E-state index contributed by atoms with van der Waals surface area (Å²) in [4.78, 5) is 0. The molecule has 0 saturated heterocycles. The fourth-order valence-electron chi connectivity index (χ4n) is 1.55. The summed E-state index contributed by atoms with van der Waals surface area (Å²) in [5.74, 6) is 0. The standard InChI is InChI=1S/C8H10.C5H10.C2H6.2CH3.Fe/c1-7-5-3-4-6-8(7)2;1-2-4-5-3-1;1-2;;;/h3-6H,1-2H3;1-5H2;1-2H3;2*1H3;/q;;;2*-1;+2. The molecule has 0 nitrogen and oxygen atoms in total. The molecule has 0 spiro atoms. The Balaban J connectivity index is -0.0000000873. The Morgan fingerprint density at radius 3 is 1.06 bits per heavy atom. The van der Waals surface area contributed by atoms with Gasteiger partial charge in [-0.05, 0) is 25.0 Å². The molecule has 0 aliphatic heterocycles. The molecule has 1 saturated carbocycles. The monoisotopic (exact) mass is 292 g/mol. The summed E-state index contributed by atoms with van der Waals surface area (Å²) in [7, 11) is 0. The van der Waals surface area contributed by atoms with Gasteiger partial charge < -0.3 is 14.9 Å². The maximum atomic E-state index is 2.12. The quantitative estimate of drug-likeness (QED) is 0.396. The minimum Gasteiger partial charge on any atom is -0.358 e. The molecule has 0 heterocycles. The van der Waals surface area contributed by atoms with E-state index in [1.165, 1.54) is 43.2 Å². The van der Waals surface area contributed by atoms with Gasteiger partial charge in [-0.1, -0.05) is 70.2 Å². The maximum Gasteiger partial charge on any atom is 2.00 e. The zero-order valence-corrected chi connectivity index (χ0v) is 14.3. The third-order valence-electron chi connectivity index (χ3n) is 2.68. The van der Waals surface area contributed by atoms with Gasteiger partial charge in [-0.15, -0.1) is 0 Å². The predicted octanol–water partition coefficient (Wildman–Crippen LogP) is 6.18. The van der Waals surface area contributed by atoms with E-state index in [4.69, 9.17) is 0 Å². The first-order valence-corrected chi connectivity index (χ1v) is 6.33. The molecule has 0 amide bonds. The summed E-state index contributed by atoms with van der Waals surface area (Å²) in [6.45, 7) is 8.24. The number of hydrogen-bond acceptors (Lipinski definition) is 0. The molecular weight excluding hydrogens is 260 g/mol. The second-order valence-corrected chi connectivity index (χ2v) is 3.85. The van der Waals surface area contributed by atoms with Crippen LogP contribution in [0.15, 0.2) is 24.3 Å². The smallest absolute Gasteiger partial charge is 0.358 e. The first-order chi connectivity index (χ1) is 7.30. The summed E-state index contributed by atoms with van der Waals surface area (Å²) in [6, 6.07) is 8.36. The zero-order chi connectivity index (χ0) is 11.5. The molecular formula is C17H32Fe. The van der Waals surface area contributed by atoms with E-state index < -0.39 is 0 Å². The Hall–Kier alpha value is -0.261. The van der Waals surface area contributed by atoms with Crippen molar-refractivity contribution >= 4 is 0 Å². The fraction of sp³-hybridized carbons (Fsp3) is 0.529. The van der Waals surface area contributed by atoms with Gasteiger partial charge in [0.05, 0.1) is 0 Å². The van der Waals surface area contributed by atoms with Gasteiger partial charge in [0.15, 0.2) is 0 Å². The van der Waals surface area contributed by atoms with Crippen LogP contribution in [-0.4, -0.2) is 0 Å². The summed E-state index contributed by atoms with van der Waals surface area (Å²) in [6.07, 6.45) is 7.50. The van der Waals surface area contributed by atoms with Gasteiger partial charge in [-0.3, -0.25) is 0 Å². The molecule has 1 fully saturated rings. The molecule has 1 heteroatoms. The summed E-state index contributed by atoms with van der Waals surface area (Å²) in [5, 5.41) is 0. The van der Waals surface area contributed by atoms with Gasteiger partial charge in [0.25, 0.3) is 0 Å². The zero-order valence-electron chi connectivity index (χ0n) is 13.2. The van der Waals surface area contributed by atoms with Gasteiger partial charge in [0.1, 0.15) is 0 Å². The topological polar surface area (TPSA) is 0 Å². The average molecular weight is 292 g/mol. The van der Waals surface area contributed by atoms with E-state index in [0.29, 0.717) is 0 Å². The third kappa shape index (κ3) is 13.8. The Labute approximate surface area is 127 Å². The van der Waals surface area contributed by atoms with E-state index in [-0.39, 0.29) is 31.9 Å². The van der Waals surface area contributed by atoms with Crippen molar-refractivity contribution in [2.45, 2.75) is 59.8 Å². The Kier molecular flexibility index (Phi) is 27.9. The normalized spacial score (nSPS) is 11.1. The van der Waals surface area contributed by atoms with Crippen molar-refractivity contribution in [1.82, 2.24) is 0 Å². The van der Waals surface area contributed by atoms with Crippen LogP contribution in [0.25, 0.3) is 0 Å². The van der Waals surface area contributed by atoms with Gasteiger partial charge >= 0.3 is 17.1 Å². The van der Waals surface area contributed by atoms with Crippen LogP contribution in [0.1, 0.15) is 57.1 Å². The molecule has 1 aliphatic carbocycles. The van der Waals surface area contributed by atoms with Crippen LogP contribution in [0, 0.1) is 28.7 Å². The summed E-state index contributed by atoms with van der Waals surface area (Å²) < 4.78 is 0. The Bertz CT molecular complexity index is 211. The number of rotatable bonds is 0. The van der Waals surface area contributed by atoms with Crippen LogP contribution in [0.5, 0.6) is 0 Å². The van der Waals surface area contributed by atoms with Gasteiger partial charge in [-0.25, -0.2) is 0 Å². The SMILES string of the molecule is C1CCCC1.CC.Cc1ccccc1C.[CH3-].[CH3-].[Fe+2]. The Morgan fingerprint density at radius 1 is 0.667 bits per heavy atom. The number of aryl methyl sites for hydroxylation is 2. The number of hydrogen-bond donors (Lipinski definition) is 0. The molecule has 0 N–H and O–H groups in total. The second kappa shape index (κ2) is 19.1. The molecule has 1 aromatic rings. The van der Waals surface area contributed by atoms with Crippen LogP contribution in [0.2, 0.25) is 0 Å². The largest absolute Gasteiger partial charge is 2.00 e. The second-order valence-electron chi connectivity index (χ2n) is 3.85. The van der Waals surface area contributed by atoms with Crippen molar-refractivity contribution in [3.63, 3.8) is 0 Å². The molecule has 18 heavy (non-hydrogen) atoms. The molecule has 0 radical (unpaired) electrons. The van der Waals surface area contributed by atoms with E-state index in [1.807, 2.05) is 13.8 Å². The van der Waals surface area contributed by atoms with Crippen LogP contribution in [0.3, 0.4) is 0 Å². The van der Waals surface area contributed by atoms with Crippen LogP contribution < -0.4 is 0 Å². The average Bonchev–Trinajstić information content (AvgIpc) is 2.84. The van der Waals surface area contributed by atoms with Crippen LogP contribution in [0.4, 0.5) is 0 Å². The van der Waals surface area contributed by atoms with E-state index in [9.17, 15) is 0 Å².